The van der Waals surface area contributed by atoms with Gasteiger partial charge in [-0.05, 0) is 42.9 Å². The standard InChI is InChI=1S/C18H21NOS/c1-13-7-6-10-19(12-13)18(20)16-11-14(2)17(21-16)15-8-4-3-5-9-15/h3-5,8-9,11,13H,6-7,10,12H2,1-2H3/t13-/m0/s1. The summed E-state index contributed by atoms with van der Waals surface area (Å²) in [6.45, 7) is 6.13. The summed E-state index contributed by atoms with van der Waals surface area (Å²) in [7, 11) is 0. The maximum absolute atomic E-state index is 12.7. The number of carbonyl (C=O) groups excluding carboxylic acids is 1. The molecule has 110 valence electrons. The maximum atomic E-state index is 12.7. The van der Waals surface area contributed by atoms with Crippen molar-refractivity contribution in [3.8, 4) is 10.4 Å². The molecule has 1 fully saturated rings. The van der Waals surface area contributed by atoms with Gasteiger partial charge in [-0.25, -0.2) is 0 Å². The van der Waals surface area contributed by atoms with Crippen LogP contribution < -0.4 is 0 Å². The Morgan fingerprint density at radius 1 is 1.29 bits per heavy atom. The summed E-state index contributed by atoms with van der Waals surface area (Å²) in [6, 6.07) is 12.4. The maximum Gasteiger partial charge on any atom is 0.263 e. The molecule has 0 spiro atoms. The monoisotopic (exact) mass is 299 g/mol. The molecule has 1 aromatic carbocycles. The van der Waals surface area contributed by atoms with Crippen molar-refractivity contribution in [3.63, 3.8) is 0 Å². The Hall–Kier alpha value is -1.61. The molecule has 0 unspecified atom stereocenters. The van der Waals surface area contributed by atoms with E-state index in [1.165, 1.54) is 22.4 Å². The Balaban J connectivity index is 1.85. The van der Waals surface area contributed by atoms with Gasteiger partial charge in [-0.2, -0.15) is 0 Å². The SMILES string of the molecule is Cc1cc(C(=O)N2CCC[C@H](C)C2)sc1-c1ccccc1. The van der Waals surface area contributed by atoms with Gasteiger partial charge in [0.25, 0.3) is 5.91 Å². The zero-order chi connectivity index (χ0) is 14.8. The average molecular weight is 299 g/mol. The number of amides is 1. The summed E-state index contributed by atoms with van der Waals surface area (Å²) in [5.74, 6) is 0.828. The lowest BCUT2D eigenvalue weighted by Gasteiger charge is -2.30. The Morgan fingerprint density at radius 3 is 2.76 bits per heavy atom. The van der Waals surface area contributed by atoms with Gasteiger partial charge in [-0.3, -0.25) is 4.79 Å². The molecular weight excluding hydrogens is 278 g/mol. The summed E-state index contributed by atoms with van der Waals surface area (Å²) < 4.78 is 0. The molecule has 0 aliphatic carbocycles. The van der Waals surface area contributed by atoms with Crippen LogP contribution in [-0.2, 0) is 0 Å². The van der Waals surface area contributed by atoms with E-state index >= 15 is 0 Å². The Labute approximate surface area is 130 Å². The third-order valence-electron chi connectivity index (χ3n) is 4.11. The van der Waals surface area contributed by atoms with Crippen molar-refractivity contribution in [1.82, 2.24) is 4.90 Å². The first-order chi connectivity index (χ1) is 10.1. The first-order valence-electron chi connectivity index (χ1n) is 7.60. The van der Waals surface area contributed by atoms with Crippen LogP contribution in [0, 0.1) is 12.8 Å². The van der Waals surface area contributed by atoms with Gasteiger partial charge in [0.2, 0.25) is 0 Å². The first kappa shape index (κ1) is 14.3. The molecule has 2 heterocycles. The third-order valence-corrected chi connectivity index (χ3v) is 5.38. The van der Waals surface area contributed by atoms with E-state index in [1.54, 1.807) is 11.3 Å². The normalized spacial score (nSPS) is 18.8. The number of likely N-dealkylation sites (tertiary alicyclic amines) is 1. The zero-order valence-corrected chi connectivity index (χ0v) is 13.5. The fourth-order valence-corrected chi connectivity index (χ4v) is 4.14. The lowest BCUT2D eigenvalue weighted by atomic mass is 10.0. The molecule has 0 radical (unpaired) electrons. The van der Waals surface area contributed by atoms with E-state index < -0.39 is 0 Å². The van der Waals surface area contributed by atoms with Crippen LogP contribution in [0.3, 0.4) is 0 Å². The van der Waals surface area contributed by atoms with Crippen molar-refractivity contribution in [1.29, 1.82) is 0 Å². The van der Waals surface area contributed by atoms with Gasteiger partial charge in [-0.15, -0.1) is 11.3 Å². The summed E-state index contributed by atoms with van der Waals surface area (Å²) in [5.41, 5.74) is 2.39. The minimum Gasteiger partial charge on any atom is -0.338 e. The van der Waals surface area contributed by atoms with E-state index in [-0.39, 0.29) is 5.91 Å². The molecule has 1 aliphatic rings. The number of rotatable bonds is 2. The van der Waals surface area contributed by atoms with E-state index in [1.807, 2.05) is 23.1 Å². The van der Waals surface area contributed by atoms with Crippen LogP contribution in [0.25, 0.3) is 10.4 Å². The summed E-state index contributed by atoms with van der Waals surface area (Å²) in [4.78, 5) is 16.8. The van der Waals surface area contributed by atoms with E-state index in [0.717, 1.165) is 24.4 Å². The minimum atomic E-state index is 0.205. The lowest BCUT2D eigenvalue weighted by molar-refractivity contribution is 0.0688. The molecule has 1 aliphatic heterocycles. The summed E-state index contributed by atoms with van der Waals surface area (Å²) >= 11 is 1.62. The second-order valence-electron chi connectivity index (χ2n) is 5.99. The Morgan fingerprint density at radius 2 is 2.05 bits per heavy atom. The molecule has 3 heteroatoms. The molecule has 0 N–H and O–H groups in total. The van der Waals surface area contributed by atoms with Crippen LogP contribution in [-0.4, -0.2) is 23.9 Å². The Kier molecular flexibility index (Phi) is 4.11. The number of benzene rings is 1. The van der Waals surface area contributed by atoms with Crippen LogP contribution in [0.15, 0.2) is 36.4 Å². The van der Waals surface area contributed by atoms with E-state index in [4.69, 9.17) is 0 Å². The van der Waals surface area contributed by atoms with Crippen molar-refractivity contribution in [3.05, 3.63) is 46.8 Å². The van der Waals surface area contributed by atoms with Crippen molar-refractivity contribution >= 4 is 17.2 Å². The molecule has 0 bridgehead atoms. The predicted octanol–water partition coefficient (Wildman–Crippen LogP) is 4.60. The van der Waals surface area contributed by atoms with Crippen LogP contribution in [0.1, 0.15) is 35.0 Å². The molecule has 1 saturated heterocycles. The summed E-state index contributed by atoms with van der Waals surface area (Å²) in [5, 5.41) is 0. The zero-order valence-electron chi connectivity index (χ0n) is 12.6. The van der Waals surface area contributed by atoms with E-state index in [0.29, 0.717) is 5.92 Å². The highest BCUT2D eigenvalue weighted by Crippen LogP contribution is 2.33. The van der Waals surface area contributed by atoms with Crippen molar-refractivity contribution in [2.75, 3.05) is 13.1 Å². The number of hydrogen-bond acceptors (Lipinski definition) is 2. The molecule has 2 nitrogen and oxygen atoms in total. The fraction of sp³-hybridized carbons (Fsp3) is 0.389. The molecule has 1 aromatic heterocycles. The second kappa shape index (κ2) is 6.02. The largest absolute Gasteiger partial charge is 0.338 e. The van der Waals surface area contributed by atoms with Crippen LogP contribution in [0.4, 0.5) is 0 Å². The van der Waals surface area contributed by atoms with Gasteiger partial charge >= 0.3 is 0 Å². The highest BCUT2D eigenvalue weighted by atomic mass is 32.1. The van der Waals surface area contributed by atoms with Gasteiger partial charge in [0.05, 0.1) is 4.88 Å². The van der Waals surface area contributed by atoms with E-state index in [9.17, 15) is 4.79 Å². The average Bonchev–Trinajstić information content (AvgIpc) is 2.89. The van der Waals surface area contributed by atoms with Crippen molar-refractivity contribution in [2.45, 2.75) is 26.7 Å². The highest BCUT2D eigenvalue weighted by Gasteiger charge is 2.24. The minimum absolute atomic E-state index is 0.205. The number of thiophene rings is 1. The van der Waals surface area contributed by atoms with Crippen LogP contribution in [0.5, 0.6) is 0 Å². The topological polar surface area (TPSA) is 20.3 Å². The highest BCUT2D eigenvalue weighted by molar-refractivity contribution is 7.17. The van der Waals surface area contributed by atoms with E-state index in [2.05, 4.69) is 32.0 Å². The third kappa shape index (κ3) is 3.03. The number of piperidine rings is 1. The number of aryl methyl sites for hydroxylation is 1. The van der Waals surface area contributed by atoms with Gasteiger partial charge in [-0.1, -0.05) is 37.3 Å². The van der Waals surface area contributed by atoms with Crippen molar-refractivity contribution in [2.24, 2.45) is 5.92 Å². The Bertz CT molecular complexity index is 632. The van der Waals surface area contributed by atoms with Gasteiger partial charge in [0.15, 0.2) is 0 Å². The van der Waals surface area contributed by atoms with Gasteiger partial charge < -0.3 is 4.90 Å². The second-order valence-corrected chi connectivity index (χ2v) is 7.04. The molecule has 0 saturated carbocycles. The molecule has 2 aromatic rings. The van der Waals surface area contributed by atoms with Gasteiger partial charge in [0.1, 0.15) is 0 Å². The van der Waals surface area contributed by atoms with Crippen molar-refractivity contribution < 1.29 is 4.79 Å². The predicted molar refractivity (Wildman–Crippen MR) is 88.8 cm³/mol. The van der Waals surface area contributed by atoms with Gasteiger partial charge in [0, 0.05) is 18.0 Å². The molecule has 1 atom stereocenters. The quantitative estimate of drug-likeness (QED) is 0.794. The number of nitrogens with zero attached hydrogens (tertiary/aromatic N) is 1. The molecule has 3 rings (SSSR count). The smallest absolute Gasteiger partial charge is 0.263 e. The summed E-state index contributed by atoms with van der Waals surface area (Å²) in [6.07, 6.45) is 2.37. The fourth-order valence-electron chi connectivity index (χ4n) is 2.99. The van der Waals surface area contributed by atoms with Crippen LogP contribution in [0.2, 0.25) is 0 Å². The lowest BCUT2D eigenvalue weighted by Crippen LogP contribution is -2.38. The first-order valence-corrected chi connectivity index (χ1v) is 8.42. The number of hydrogen-bond donors (Lipinski definition) is 0. The molecule has 1 amide bonds. The molecular formula is C18H21NOS. The van der Waals surface area contributed by atoms with Crippen LogP contribution >= 0.6 is 11.3 Å². The number of carbonyl (C=O) groups is 1. The molecule has 21 heavy (non-hydrogen) atoms.